The summed E-state index contributed by atoms with van der Waals surface area (Å²) in [7, 11) is 1.87. The summed E-state index contributed by atoms with van der Waals surface area (Å²) in [5.74, 6) is 1.82. The van der Waals surface area contributed by atoms with E-state index in [9.17, 15) is 14.9 Å². The van der Waals surface area contributed by atoms with Crippen molar-refractivity contribution in [3.63, 3.8) is 0 Å². The predicted molar refractivity (Wildman–Crippen MR) is 116 cm³/mol. The smallest absolute Gasteiger partial charge is 0.269 e. The van der Waals surface area contributed by atoms with Gasteiger partial charge in [-0.05, 0) is 25.1 Å². The number of hydrogen-bond donors (Lipinski definition) is 0. The van der Waals surface area contributed by atoms with Crippen LogP contribution < -0.4 is 4.90 Å². The zero-order valence-corrected chi connectivity index (χ0v) is 18.0. The van der Waals surface area contributed by atoms with Crippen molar-refractivity contribution in [2.45, 2.75) is 12.1 Å². The summed E-state index contributed by atoms with van der Waals surface area (Å²) >= 11 is 1.36. The van der Waals surface area contributed by atoms with Crippen molar-refractivity contribution in [1.29, 1.82) is 0 Å². The average Bonchev–Trinajstić information content (AvgIpc) is 3.37. The van der Waals surface area contributed by atoms with Gasteiger partial charge in [-0.25, -0.2) is 0 Å². The summed E-state index contributed by atoms with van der Waals surface area (Å²) in [6.45, 7) is 4.45. The summed E-state index contributed by atoms with van der Waals surface area (Å²) in [5, 5.41) is 19.9. The molecule has 11 heteroatoms. The van der Waals surface area contributed by atoms with E-state index in [1.54, 1.807) is 18.4 Å². The zero-order chi connectivity index (χ0) is 22.0. The van der Waals surface area contributed by atoms with Gasteiger partial charge in [-0.2, -0.15) is 0 Å². The molecule has 1 fully saturated rings. The topological polar surface area (TPSA) is 111 Å². The standard InChI is InChI=1S/C20H22N6O4S/c1-14-17(7-12-30-14)19-21-22-20(23(19)2)31-13-18(27)25-10-8-24(9-11-25)15-3-5-16(6-4-15)26(28)29/h3-7,12H,8-11,13H2,1-2H3. The van der Waals surface area contributed by atoms with Gasteiger partial charge in [-0.3, -0.25) is 14.9 Å². The molecular weight excluding hydrogens is 420 g/mol. The Hall–Kier alpha value is -3.34. The molecule has 0 aliphatic carbocycles. The average molecular weight is 443 g/mol. The number of furan rings is 1. The second kappa shape index (κ2) is 8.80. The van der Waals surface area contributed by atoms with Crippen molar-refractivity contribution in [3.05, 3.63) is 52.5 Å². The molecule has 3 heterocycles. The molecule has 3 aromatic rings. The molecular formula is C20H22N6O4S. The molecule has 0 unspecified atom stereocenters. The number of non-ortho nitro benzene ring substituents is 1. The molecule has 0 saturated carbocycles. The number of carbonyl (C=O) groups excluding carboxylic acids is 1. The Balaban J connectivity index is 1.30. The molecule has 1 saturated heterocycles. The van der Waals surface area contributed by atoms with Crippen molar-refractivity contribution in [3.8, 4) is 11.4 Å². The Morgan fingerprint density at radius 2 is 1.87 bits per heavy atom. The van der Waals surface area contributed by atoms with Crippen LogP contribution in [0.3, 0.4) is 0 Å². The number of aromatic nitrogens is 3. The van der Waals surface area contributed by atoms with Gasteiger partial charge >= 0.3 is 0 Å². The Bertz CT molecular complexity index is 1090. The first-order valence-corrected chi connectivity index (χ1v) is 10.8. The highest BCUT2D eigenvalue weighted by molar-refractivity contribution is 7.99. The third-order valence-electron chi connectivity index (χ3n) is 5.32. The number of piperazine rings is 1. The van der Waals surface area contributed by atoms with Crippen LogP contribution in [0.1, 0.15) is 5.76 Å². The molecule has 1 aliphatic rings. The van der Waals surface area contributed by atoms with E-state index >= 15 is 0 Å². The maximum atomic E-state index is 12.7. The predicted octanol–water partition coefficient (Wildman–Crippen LogP) is 2.73. The largest absolute Gasteiger partial charge is 0.469 e. The van der Waals surface area contributed by atoms with Gasteiger partial charge in [-0.15, -0.1) is 10.2 Å². The number of thioether (sulfide) groups is 1. The van der Waals surface area contributed by atoms with Gasteiger partial charge in [0, 0.05) is 51.0 Å². The first-order chi connectivity index (χ1) is 14.9. The first-order valence-electron chi connectivity index (χ1n) is 9.78. The van der Waals surface area contributed by atoms with Crippen molar-refractivity contribution in [2.24, 2.45) is 7.05 Å². The molecule has 0 N–H and O–H groups in total. The molecule has 0 radical (unpaired) electrons. The van der Waals surface area contributed by atoms with Crippen molar-refractivity contribution in [2.75, 3.05) is 36.8 Å². The normalized spacial score (nSPS) is 14.1. The Kier molecular flexibility index (Phi) is 5.94. The van der Waals surface area contributed by atoms with Gasteiger partial charge in [0.25, 0.3) is 5.69 Å². The number of amides is 1. The van der Waals surface area contributed by atoms with E-state index in [0.29, 0.717) is 37.2 Å². The quantitative estimate of drug-likeness (QED) is 0.326. The molecule has 1 amide bonds. The SMILES string of the molecule is Cc1occc1-c1nnc(SCC(=O)N2CCN(c3ccc([N+](=O)[O-])cc3)CC2)n1C. The summed E-state index contributed by atoms with van der Waals surface area (Å²) in [5.41, 5.74) is 1.88. The van der Waals surface area contributed by atoms with E-state index in [-0.39, 0.29) is 17.3 Å². The van der Waals surface area contributed by atoms with E-state index in [1.807, 2.05) is 29.5 Å². The molecule has 0 atom stereocenters. The lowest BCUT2D eigenvalue weighted by molar-refractivity contribution is -0.384. The zero-order valence-electron chi connectivity index (χ0n) is 17.2. The molecule has 4 rings (SSSR count). The highest BCUT2D eigenvalue weighted by atomic mass is 32.2. The van der Waals surface area contributed by atoms with Crippen LogP contribution in [0.5, 0.6) is 0 Å². The van der Waals surface area contributed by atoms with Gasteiger partial charge in [0.15, 0.2) is 11.0 Å². The van der Waals surface area contributed by atoms with Crippen LogP contribution in [0.4, 0.5) is 11.4 Å². The number of aryl methyl sites for hydroxylation is 1. The summed E-state index contributed by atoms with van der Waals surface area (Å²) in [4.78, 5) is 27.0. The van der Waals surface area contributed by atoms with E-state index in [0.717, 1.165) is 17.0 Å². The molecule has 2 aromatic heterocycles. The van der Waals surface area contributed by atoms with Crippen LogP contribution in [0.15, 0.2) is 46.2 Å². The number of hydrogen-bond acceptors (Lipinski definition) is 8. The van der Waals surface area contributed by atoms with Gasteiger partial charge in [-0.1, -0.05) is 11.8 Å². The fourth-order valence-corrected chi connectivity index (χ4v) is 4.32. The highest BCUT2D eigenvalue weighted by Gasteiger charge is 2.23. The number of benzene rings is 1. The van der Waals surface area contributed by atoms with E-state index in [1.165, 1.54) is 23.9 Å². The molecule has 0 bridgehead atoms. The fraction of sp³-hybridized carbons (Fsp3) is 0.350. The maximum Gasteiger partial charge on any atom is 0.269 e. The molecule has 31 heavy (non-hydrogen) atoms. The van der Waals surface area contributed by atoms with E-state index in [2.05, 4.69) is 15.1 Å². The highest BCUT2D eigenvalue weighted by Crippen LogP contribution is 2.26. The van der Waals surface area contributed by atoms with Crippen LogP contribution in [-0.2, 0) is 11.8 Å². The fourth-order valence-electron chi connectivity index (χ4n) is 3.51. The number of anilines is 1. The first kappa shape index (κ1) is 20.9. The van der Waals surface area contributed by atoms with Crippen LogP contribution in [0.2, 0.25) is 0 Å². The van der Waals surface area contributed by atoms with Crippen LogP contribution in [-0.4, -0.2) is 62.4 Å². The second-order valence-electron chi connectivity index (χ2n) is 7.19. The summed E-state index contributed by atoms with van der Waals surface area (Å²) < 4.78 is 7.20. The minimum atomic E-state index is -0.408. The van der Waals surface area contributed by atoms with Crippen molar-refractivity contribution < 1.29 is 14.1 Å². The monoisotopic (exact) mass is 442 g/mol. The lowest BCUT2D eigenvalue weighted by Gasteiger charge is -2.36. The number of nitrogens with zero attached hydrogens (tertiary/aromatic N) is 6. The summed E-state index contributed by atoms with van der Waals surface area (Å²) in [6, 6.07) is 8.36. The lowest BCUT2D eigenvalue weighted by atomic mass is 10.2. The Morgan fingerprint density at radius 1 is 1.16 bits per heavy atom. The molecule has 0 spiro atoms. The third kappa shape index (κ3) is 4.41. The van der Waals surface area contributed by atoms with Crippen LogP contribution in [0, 0.1) is 17.0 Å². The van der Waals surface area contributed by atoms with Gasteiger partial charge in [0.2, 0.25) is 5.91 Å². The molecule has 162 valence electrons. The number of rotatable bonds is 6. The Morgan fingerprint density at radius 3 is 2.48 bits per heavy atom. The Labute approximate surface area is 183 Å². The molecule has 1 aromatic carbocycles. The van der Waals surface area contributed by atoms with E-state index in [4.69, 9.17) is 4.42 Å². The number of carbonyl (C=O) groups is 1. The van der Waals surface area contributed by atoms with Crippen molar-refractivity contribution >= 4 is 29.0 Å². The van der Waals surface area contributed by atoms with Crippen molar-refractivity contribution in [1.82, 2.24) is 19.7 Å². The van der Waals surface area contributed by atoms with Crippen LogP contribution >= 0.6 is 11.8 Å². The van der Waals surface area contributed by atoms with E-state index < -0.39 is 4.92 Å². The molecule has 10 nitrogen and oxygen atoms in total. The third-order valence-corrected chi connectivity index (χ3v) is 6.32. The number of nitro benzene ring substituents is 1. The second-order valence-corrected chi connectivity index (χ2v) is 8.13. The maximum absolute atomic E-state index is 12.7. The number of nitro groups is 1. The van der Waals surface area contributed by atoms with Crippen LogP contribution in [0.25, 0.3) is 11.4 Å². The lowest BCUT2D eigenvalue weighted by Crippen LogP contribution is -2.49. The van der Waals surface area contributed by atoms with Gasteiger partial charge in [0.05, 0.1) is 22.5 Å². The van der Waals surface area contributed by atoms with Gasteiger partial charge in [0.1, 0.15) is 5.76 Å². The minimum Gasteiger partial charge on any atom is -0.469 e. The molecule has 1 aliphatic heterocycles. The minimum absolute atomic E-state index is 0.0531. The summed E-state index contributed by atoms with van der Waals surface area (Å²) in [6.07, 6.45) is 1.62. The van der Waals surface area contributed by atoms with Gasteiger partial charge < -0.3 is 18.8 Å².